The molecule has 4 aromatic rings. The van der Waals surface area contributed by atoms with Crippen molar-refractivity contribution in [2.24, 2.45) is 0 Å². The van der Waals surface area contributed by atoms with Crippen LogP contribution in [0.4, 0.5) is 0 Å². The minimum atomic E-state index is 0.620. The van der Waals surface area contributed by atoms with Crippen LogP contribution in [-0.2, 0) is 13.1 Å². The van der Waals surface area contributed by atoms with Crippen LogP contribution in [0, 0.1) is 0 Å². The molecule has 1 aliphatic rings. The summed E-state index contributed by atoms with van der Waals surface area (Å²) in [6.45, 7) is 5.70. The molecule has 0 radical (unpaired) electrons. The lowest BCUT2D eigenvalue weighted by Gasteiger charge is -2.33. The van der Waals surface area contributed by atoms with E-state index in [-0.39, 0.29) is 0 Å². The molecule has 27 heavy (non-hydrogen) atoms. The molecule has 138 valence electrons. The Morgan fingerprint density at radius 3 is 2.52 bits per heavy atom. The van der Waals surface area contributed by atoms with Gasteiger partial charge in [0.15, 0.2) is 0 Å². The van der Waals surface area contributed by atoms with E-state index >= 15 is 0 Å². The maximum atomic E-state index is 5.81. The molecule has 0 unspecified atom stereocenters. The zero-order valence-corrected chi connectivity index (χ0v) is 16.4. The third-order valence-electron chi connectivity index (χ3n) is 4.72. The Hall–Kier alpha value is -2.13. The first-order valence-corrected chi connectivity index (χ1v) is 10.7. The van der Waals surface area contributed by atoms with Crippen LogP contribution in [0.1, 0.15) is 10.9 Å². The molecule has 0 saturated carbocycles. The van der Waals surface area contributed by atoms with Crippen LogP contribution in [0.5, 0.6) is 0 Å². The lowest BCUT2D eigenvalue weighted by atomic mass is 10.3. The van der Waals surface area contributed by atoms with E-state index in [4.69, 9.17) is 9.40 Å². The Morgan fingerprint density at radius 1 is 0.926 bits per heavy atom. The van der Waals surface area contributed by atoms with Crippen molar-refractivity contribution in [3.63, 3.8) is 0 Å². The third kappa shape index (κ3) is 3.79. The van der Waals surface area contributed by atoms with Gasteiger partial charge in [0.1, 0.15) is 5.01 Å². The maximum absolute atomic E-state index is 5.81. The number of thiazole rings is 1. The number of thiophene rings is 1. The summed E-state index contributed by atoms with van der Waals surface area (Å²) in [5.74, 6) is 1.31. The molecule has 6 nitrogen and oxygen atoms in total. The largest absolute Gasteiger partial charge is 0.419 e. The fraction of sp³-hybridized carbons (Fsp3) is 0.316. The Labute approximate surface area is 165 Å². The monoisotopic (exact) mass is 397 g/mol. The summed E-state index contributed by atoms with van der Waals surface area (Å²) in [6, 6.07) is 12.3. The molecule has 1 fully saturated rings. The Bertz CT molecular complexity index is 985. The lowest BCUT2D eigenvalue weighted by Crippen LogP contribution is -2.45. The van der Waals surface area contributed by atoms with Crippen LogP contribution < -0.4 is 0 Å². The van der Waals surface area contributed by atoms with Crippen LogP contribution in [0.25, 0.3) is 21.0 Å². The topological polar surface area (TPSA) is 58.3 Å². The first-order valence-electron chi connectivity index (χ1n) is 8.99. The molecule has 0 amide bonds. The van der Waals surface area contributed by atoms with Crippen LogP contribution in [-0.4, -0.2) is 51.2 Å². The van der Waals surface area contributed by atoms with Crippen LogP contribution >= 0.6 is 22.7 Å². The Morgan fingerprint density at radius 2 is 1.74 bits per heavy atom. The average Bonchev–Trinajstić information content (AvgIpc) is 3.43. The second-order valence-corrected chi connectivity index (χ2v) is 8.67. The normalized spacial score (nSPS) is 16.3. The fourth-order valence-electron chi connectivity index (χ4n) is 3.29. The first-order chi connectivity index (χ1) is 13.3. The second kappa shape index (κ2) is 7.47. The number of rotatable bonds is 5. The average molecular weight is 398 g/mol. The summed E-state index contributed by atoms with van der Waals surface area (Å²) in [5, 5.41) is 11.6. The van der Waals surface area contributed by atoms with Gasteiger partial charge in [0, 0.05) is 26.2 Å². The predicted octanol–water partition coefficient (Wildman–Crippen LogP) is 3.73. The van der Waals surface area contributed by atoms with Gasteiger partial charge in [0.25, 0.3) is 5.89 Å². The molecule has 1 saturated heterocycles. The van der Waals surface area contributed by atoms with Gasteiger partial charge in [-0.1, -0.05) is 18.2 Å². The zero-order chi connectivity index (χ0) is 18.1. The van der Waals surface area contributed by atoms with E-state index in [9.17, 15) is 0 Å². The highest BCUT2D eigenvalue weighted by molar-refractivity contribution is 7.18. The highest BCUT2D eigenvalue weighted by Crippen LogP contribution is 2.24. The van der Waals surface area contributed by atoms with Gasteiger partial charge in [-0.25, -0.2) is 4.98 Å². The van der Waals surface area contributed by atoms with Gasteiger partial charge in [-0.2, -0.15) is 0 Å². The van der Waals surface area contributed by atoms with Gasteiger partial charge >= 0.3 is 0 Å². The van der Waals surface area contributed by atoms with E-state index in [2.05, 4.69) is 38.2 Å². The summed E-state index contributed by atoms with van der Waals surface area (Å²) in [4.78, 5) is 10.6. The molecule has 5 rings (SSSR count). The fourth-order valence-corrected chi connectivity index (χ4v) is 4.95. The number of hydrogen-bond donors (Lipinski definition) is 0. The summed E-state index contributed by atoms with van der Waals surface area (Å²) in [6.07, 6.45) is 0. The highest BCUT2D eigenvalue weighted by Gasteiger charge is 2.20. The zero-order valence-electron chi connectivity index (χ0n) is 14.7. The van der Waals surface area contributed by atoms with Gasteiger partial charge in [-0.3, -0.25) is 9.80 Å². The predicted molar refractivity (Wildman–Crippen MR) is 108 cm³/mol. The van der Waals surface area contributed by atoms with Crippen molar-refractivity contribution in [1.29, 1.82) is 0 Å². The minimum absolute atomic E-state index is 0.620. The van der Waals surface area contributed by atoms with Crippen molar-refractivity contribution < 1.29 is 4.42 Å². The molecule has 1 aliphatic heterocycles. The maximum Gasteiger partial charge on any atom is 0.257 e. The molecular weight excluding hydrogens is 378 g/mol. The molecule has 8 heteroatoms. The summed E-state index contributed by atoms with van der Waals surface area (Å²) in [7, 11) is 0. The number of fused-ring (bicyclic) bond motifs is 1. The Balaban J connectivity index is 1.16. The van der Waals surface area contributed by atoms with Crippen LogP contribution in [0.2, 0.25) is 0 Å². The highest BCUT2D eigenvalue weighted by atomic mass is 32.1. The minimum Gasteiger partial charge on any atom is -0.419 e. The summed E-state index contributed by atoms with van der Waals surface area (Å²) < 4.78 is 7.08. The number of benzene rings is 1. The second-order valence-electron chi connectivity index (χ2n) is 6.61. The molecule has 0 atom stereocenters. The van der Waals surface area contributed by atoms with Crippen molar-refractivity contribution >= 4 is 32.9 Å². The number of para-hydroxylation sites is 1. The molecular formula is C19H19N5OS2. The van der Waals surface area contributed by atoms with E-state index in [1.165, 1.54) is 9.71 Å². The molecule has 1 aromatic carbocycles. The van der Waals surface area contributed by atoms with E-state index in [0.29, 0.717) is 18.3 Å². The standard InChI is InChI=1S/C19H19N5OS2/c1-2-5-15-14(4-1)20-18(27-15)13-24-9-7-23(8-10-24)12-17-21-22-19(25-17)16-6-3-11-26-16/h1-6,11H,7-10,12-13H2. The number of piperazine rings is 1. The first kappa shape index (κ1) is 17.0. The van der Waals surface area contributed by atoms with Gasteiger partial charge in [0.05, 0.1) is 28.2 Å². The van der Waals surface area contributed by atoms with Gasteiger partial charge in [-0.15, -0.1) is 32.9 Å². The van der Waals surface area contributed by atoms with Gasteiger partial charge < -0.3 is 4.42 Å². The van der Waals surface area contributed by atoms with E-state index in [1.54, 1.807) is 22.7 Å². The van der Waals surface area contributed by atoms with Crippen molar-refractivity contribution in [2.45, 2.75) is 13.1 Å². The number of hydrogen-bond acceptors (Lipinski definition) is 8. The molecule has 0 aliphatic carbocycles. The molecule has 0 bridgehead atoms. The number of nitrogens with zero attached hydrogens (tertiary/aromatic N) is 5. The van der Waals surface area contributed by atoms with Crippen LogP contribution in [0.3, 0.4) is 0 Å². The number of aromatic nitrogens is 3. The smallest absolute Gasteiger partial charge is 0.257 e. The molecule has 4 heterocycles. The van der Waals surface area contributed by atoms with Crippen molar-refractivity contribution in [2.75, 3.05) is 26.2 Å². The molecule has 3 aromatic heterocycles. The van der Waals surface area contributed by atoms with E-state index in [0.717, 1.165) is 43.1 Å². The van der Waals surface area contributed by atoms with Gasteiger partial charge in [-0.05, 0) is 23.6 Å². The van der Waals surface area contributed by atoms with Crippen molar-refractivity contribution in [1.82, 2.24) is 25.0 Å². The third-order valence-corrected chi connectivity index (χ3v) is 6.60. The quantitative estimate of drug-likeness (QED) is 0.511. The molecule has 0 N–H and O–H groups in total. The lowest BCUT2D eigenvalue weighted by molar-refractivity contribution is 0.114. The van der Waals surface area contributed by atoms with E-state index in [1.807, 2.05) is 23.6 Å². The van der Waals surface area contributed by atoms with Gasteiger partial charge in [0.2, 0.25) is 5.89 Å². The SMILES string of the molecule is c1csc(-c2nnc(CN3CCN(Cc4nc5ccccc5s4)CC3)o2)c1. The molecule has 0 spiro atoms. The van der Waals surface area contributed by atoms with Crippen molar-refractivity contribution in [3.05, 3.63) is 52.7 Å². The summed E-state index contributed by atoms with van der Waals surface area (Å²) in [5.41, 5.74) is 1.11. The Kier molecular flexibility index (Phi) is 4.71. The van der Waals surface area contributed by atoms with Crippen LogP contribution in [0.15, 0.2) is 46.2 Å². The van der Waals surface area contributed by atoms with Crippen molar-refractivity contribution in [3.8, 4) is 10.8 Å². The summed E-state index contributed by atoms with van der Waals surface area (Å²) >= 11 is 3.41. The van der Waals surface area contributed by atoms with E-state index < -0.39 is 0 Å².